The van der Waals surface area contributed by atoms with E-state index in [2.05, 4.69) is 16.6 Å². The van der Waals surface area contributed by atoms with E-state index in [1.807, 2.05) is 48.5 Å². The number of hydrogen-bond donors (Lipinski definition) is 2. The Bertz CT molecular complexity index is 1390. The molecule has 8 heteroatoms. The van der Waals surface area contributed by atoms with Gasteiger partial charge in [-0.1, -0.05) is 54.6 Å². The SMILES string of the molecule is C=CCNS(=O)(=O)Cc1ccc(NC(=O)c2oc3ccccc3c2COc2ccccc2)cc1. The van der Waals surface area contributed by atoms with E-state index in [1.165, 1.54) is 6.08 Å². The van der Waals surface area contributed by atoms with Crippen LogP contribution in [0.15, 0.2) is 95.9 Å². The molecule has 34 heavy (non-hydrogen) atoms. The number of benzene rings is 3. The summed E-state index contributed by atoms with van der Waals surface area (Å²) in [5, 5.41) is 3.62. The van der Waals surface area contributed by atoms with Crippen LogP contribution < -0.4 is 14.8 Å². The molecule has 0 fully saturated rings. The molecule has 4 aromatic rings. The van der Waals surface area contributed by atoms with Crippen LogP contribution in [0, 0.1) is 0 Å². The molecule has 7 nitrogen and oxygen atoms in total. The maximum absolute atomic E-state index is 13.1. The minimum atomic E-state index is -3.46. The van der Waals surface area contributed by atoms with Crippen molar-refractivity contribution in [1.82, 2.24) is 4.72 Å². The number of ether oxygens (including phenoxy) is 1. The van der Waals surface area contributed by atoms with Crippen molar-refractivity contribution in [2.24, 2.45) is 0 Å². The molecule has 0 unspecified atom stereocenters. The molecule has 0 aliphatic rings. The Kier molecular flexibility index (Phi) is 7.10. The summed E-state index contributed by atoms with van der Waals surface area (Å²) in [6.07, 6.45) is 1.48. The van der Waals surface area contributed by atoms with E-state index >= 15 is 0 Å². The molecule has 3 aromatic carbocycles. The smallest absolute Gasteiger partial charge is 0.291 e. The van der Waals surface area contributed by atoms with Crippen LogP contribution in [-0.4, -0.2) is 20.9 Å². The summed E-state index contributed by atoms with van der Waals surface area (Å²) in [6.45, 7) is 3.84. The lowest BCUT2D eigenvalue weighted by atomic mass is 10.1. The summed E-state index contributed by atoms with van der Waals surface area (Å²) in [7, 11) is -3.46. The second kappa shape index (κ2) is 10.4. The van der Waals surface area contributed by atoms with Crippen LogP contribution in [0.2, 0.25) is 0 Å². The number of carbonyl (C=O) groups excluding carboxylic acids is 1. The number of nitrogens with one attached hydrogen (secondary N) is 2. The summed E-state index contributed by atoms with van der Waals surface area (Å²) in [5.41, 5.74) is 2.34. The van der Waals surface area contributed by atoms with Crippen molar-refractivity contribution in [3.8, 4) is 5.75 Å². The Balaban J connectivity index is 1.51. The third-order valence-electron chi connectivity index (χ3n) is 5.05. The molecule has 0 atom stereocenters. The highest BCUT2D eigenvalue weighted by Crippen LogP contribution is 2.28. The molecule has 0 saturated heterocycles. The van der Waals surface area contributed by atoms with E-state index in [4.69, 9.17) is 9.15 Å². The van der Waals surface area contributed by atoms with Gasteiger partial charge in [-0.2, -0.15) is 0 Å². The maximum atomic E-state index is 13.1. The van der Waals surface area contributed by atoms with Crippen LogP contribution in [0.1, 0.15) is 21.7 Å². The Morgan fingerprint density at radius 1 is 0.971 bits per heavy atom. The molecular formula is C26H24N2O5S. The number of amides is 1. The van der Waals surface area contributed by atoms with E-state index in [1.54, 1.807) is 30.3 Å². The minimum Gasteiger partial charge on any atom is -0.489 e. The van der Waals surface area contributed by atoms with Crippen molar-refractivity contribution in [2.75, 3.05) is 11.9 Å². The van der Waals surface area contributed by atoms with Crippen LogP contribution in [-0.2, 0) is 22.4 Å². The van der Waals surface area contributed by atoms with Crippen LogP contribution in [0.5, 0.6) is 5.75 Å². The number of para-hydroxylation sites is 2. The third-order valence-corrected chi connectivity index (χ3v) is 6.37. The van der Waals surface area contributed by atoms with Gasteiger partial charge in [0.2, 0.25) is 10.0 Å². The molecule has 0 bridgehead atoms. The number of anilines is 1. The number of sulfonamides is 1. The molecule has 1 amide bonds. The monoisotopic (exact) mass is 476 g/mol. The van der Waals surface area contributed by atoms with Crippen molar-refractivity contribution >= 4 is 32.6 Å². The molecular weight excluding hydrogens is 452 g/mol. The molecule has 4 rings (SSSR count). The molecule has 0 radical (unpaired) electrons. The Morgan fingerprint density at radius 2 is 1.68 bits per heavy atom. The zero-order chi connectivity index (χ0) is 24.0. The molecule has 1 aromatic heterocycles. The van der Waals surface area contributed by atoms with E-state index in [0.717, 1.165) is 5.39 Å². The van der Waals surface area contributed by atoms with Gasteiger partial charge in [-0.15, -0.1) is 6.58 Å². The molecule has 1 heterocycles. The first kappa shape index (κ1) is 23.3. The van der Waals surface area contributed by atoms with Crippen molar-refractivity contribution in [3.63, 3.8) is 0 Å². The molecule has 0 spiro atoms. The second-order valence-electron chi connectivity index (χ2n) is 7.55. The lowest BCUT2D eigenvalue weighted by molar-refractivity contribution is 0.0995. The van der Waals surface area contributed by atoms with Crippen molar-refractivity contribution in [2.45, 2.75) is 12.4 Å². The largest absolute Gasteiger partial charge is 0.489 e. The van der Waals surface area contributed by atoms with Gasteiger partial charge in [-0.05, 0) is 35.9 Å². The van der Waals surface area contributed by atoms with Crippen LogP contribution in [0.4, 0.5) is 5.69 Å². The van der Waals surface area contributed by atoms with Gasteiger partial charge in [-0.25, -0.2) is 13.1 Å². The van der Waals surface area contributed by atoms with Crippen molar-refractivity contribution in [3.05, 3.63) is 108 Å². The fourth-order valence-electron chi connectivity index (χ4n) is 3.43. The van der Waals surface area contributed by atoms with Gasteiger partial charge in [-0.3, -0.25) is 4.79 Å². The number of carbonyl (C=O) groups is 1. The lowest BCUT2D eigenvalue weighted by Crippen LogP contribution is -2.25. The van der Waals surface area contributed by atoms with Gasteiger partial charge in [0, 0.05) is 23.2 Å². The zero-order valence-electron chi connectivity index (χ0n) is 18.4. The van der Waals surface area contributed by atoms with E-state index in [9.17, 15) is 13.2 Å². The Labute approximate surface area is 198 Å². The Hall–Kier alpha value is -3.88. The number of fused-ring (bicyclic) bond motifs is 1. The standard InChI is InChI=1S/C26H24N2O5S/c1-2-16-27-34(30,31)18-19-12-14-20(15-13-19)28-26(29)25-23(17-32-21-8-4-3-5-9-21)22-10-6-7-11-24(22)33-25/h2-15,27H,1,16-18H2,(H,28,29). The van der Waals surface area contributed by atoms with Crippen molar-refractivity contribution in [1.29, 1.82) is 0 Å². The van der Waals surface area contributed by atoms with Gasteiger partial charge in [0.05, 0.1) is 5.75 Å². The average molecular weight is 477 g/mol. The summed E-state index contributed by atoms with van der Waals surface area (Å²) >= 11 is 0. The predicted molar refractivity (Wildman–Crippen MR) is 132 cm³/mol. The molecule has 0 aliphatic heterocycles. The molecule has 174 valence electrons. The highest BCUT2D eigenvalue weighted by molar-refractivity contribution is 7.88. The number of hydrogen-bond acceptors (Lipinski definition) is 5. The molecule has 0 saturated carbocycles. The highest BCUT2D eigenvalue weighted by Gasteiger charge is 2.21. The van der Waals surface area contributed by atoms with Gasteiger partial charge in [0.15, 0.2) is 5.76 Å². The van der Waals surface area contributed by atoms with Crippen molar-refractivity contribution < 1.29 is 22.4 Å². The first-order valence-electron chi connectivity index (χ1n) is 10.6. The molecule has 2 N–H and O–H groups in total. The normalized spacial score (nSPS) is 11.3. The van der Waals surface area contributed by atoms with Crippen LogP contribution >= 0.6 is 0 Å². The number of furan rings is 1. The summed E-state index contributed by atoms with van der Waals surface area (Å²) in [5.74, 6) is 0.264. The highest BCUT2D eigenvalue weighted by atomic mass is 32.2. The zero-order valence-corrected chi connectivity index (χ0v) is 19.2. The van der Waals surface area contributed by atoms with Gasteiger partial charge in [0.25, 0.3) is 5.91 Å². The Morgan fingerprint density at radius 3 is 2.41 bits per heavy atom. The van der Waals surface area contributed by atoms with Gasteiger partial charge >= 0.3 is 0 Å². The number of rotatable bonds is 10. The quantitative estimate of drug-likeness (QED) is 0.318. The average Bonchev–Trinajstić information content (AvgIpc) is 3.22. The van der Waals surface area contributed by atoms with Crippen LogP contribution in [0.3, 0.4) is 0 Å². The van der Waals surface area contributed by atoms with E-state index < -0.39 is 15.9 Å². The topological polar surface area (TPSA) is 97.6 Å². The third kappa shape index (κ3) is 5.72. The summed E-state index contributed by atoms with van der Waals surface area (Å²) in [4.78, 5) is 13.1. The first-order chi connectivity index (χ1) is 16.4. The fourth-order valence-corrected chi connectivity index (χ4v) is 4.53. The molecule has 0 aliphatic carbocycles. The first-order valence-corrected chi connectivity index (χ1v) is 12.3. The lowest BCUT2D eigenvalue weighted by Gasteiger charge is -2.09. The van der Waals surface area contributed by atoms with Gasteiger partial charge in [0.1, 0.15) is 17.9 Å². The van der Waals surface area contributed by atoms with Gasteiger partial charge < -0.3 is 14.5 Å². The van der Waals surface area contributed by atoms with Crippen LogP contribution in [0.25, 0.3) is 11.0 Å². The predicted octanol–water partition coefficient (Wildman–Crippen LogP) is 4.87. The maximum Gasteiger partial charge on any atom is 0.291 e. The second-order valence-corrected chi connectivity index (χ2v) is 9.36. The van der Waals surface area contributed by atoms with E-state index in [0.29, 0.717) is 28.1 Å². The fraction of sp³-hybridized carbons (Fsp3) is 0.115. The van der Waals surface area contributed by atoms with E-state index in [-0.39, 0.29) is 24.7 Å². The summed E-state index contributed by atoms with van der Waals surface area (Å²) < 4.78 is 38.3. The summed E-state index contributed by atoms with van der Waals surface area (Å²) in [6, 6.07) is 23.4. The minimum absolute atomic E-state index is 0.164.